The molecule has 2 aromatic heterocycles. The fraction of sp³-hybridized carbons (Fsp3) is 0.130. The number of hydrogen-bond acceptors (Lipinski definition) is 6. The van der Waals surface area contributed by atoms with Gasteiger partial charge < -0.3 is 15.4 Å². The minimum atomic E-state index is -0.0822. The maximum atomic E-state index is 12.3. The second kappa shape index (κ2) is 9.08. The van der Waals surface area contributed by atoms with Crippen LogP contribution in [0.1, 0.15) is 11.3 Å². The lowest BCUT2D eigenvalue weighted by Gasteiger charge is -2.09. The van der Waals surface area contributed by atoms with Crippen LogP contribution >= 0.6 is 0 Å². The highest BCUT2D eigenvalue weighted by atomic mass is 16.5. The summed E-state index contributed by atoms with van der Waals surface area (Å²) in [6.45, 7) is 1.92. The minimum Gasteiger partial charge on any atom is -0.497 e. The van der Waals surface area contributed by atoms with E-state index in [-0.39, 0.29) is 5.91 Å². The summed E-state index contributed by atoms with van der Waals surface area (Å²) in [4.78, 5) is 12.3. The van der Waals surface area contributed by atoms with Crippen molar-refractivity contribution in [1.29, 1.82) is 0 Å². The summed E-state index contributed by atoms with van der Waals surface area (Å²) in [5, 5.41) is 18.8. The normalized spacial score (nSPS) is 10.5. The average Bonchev–Trinajstić information content (AvgIpc) is 3.22. The van der Waals surface area contributed by atoms with Crippen LogP contribution in [-0.4, -0.2) is 33.0 Å². The molecule has 156 valence electrons. The van der Waals surface area contributed by atoms with E-state index in [2.05, 4.69) is 25.9 Å². The Bertz CT molecular complexity index is 1150. The fourth-order valence-electron chi connectivity index (χ4n) is 2.98. The molecule has 0 unspecified atom stereocenters. The number of methoxy groups -OCH3 is 1. The zero-order chi connectivity index (χ0) is 21.6. The number of nitrogens with one attached hydrogen (secondary N) is 2. The Morgan fingerprint density at radius 2 is 1.68 bits per heavy atom. The first-order valence-electron chi connectivity index (χ1n) is 9.75. The summed E-state index contributed by atoms with van der Waals surface area (Å²) in [6.07, 6.45) is 2.13. The van der Waals surface area contributed by atoms with Crippen LogP contribution in [0, 0.1) is 6.92 Å². The van der Waals surface area contributed by atoms with E-state index in [1.165, 1.54) is 0 Å². The standard InChI is InChI=1S/C23H22N6O2/c1-16-13-14-29(28-16)22-12-11-21(26-27-22)24-18-5-7-19(8-6-18)25-23(30)15-17-3-9-20(31-2)10-4-17/h3-14H,15H2,1-2H3,(H,24,26)(H,25,30). The lowest BCUT2D eigenvalue weighted by molar-refractivity contribution is -0.115. The van der Waals surface area contributed by atoms with Crippen LogP contribution in [0.3, 0.4) is 0 Å². The van der Waals surface area contributed by atoms with Gasteiger partial charge in [0.1, 0.15) is 5.75 Å². The number of benzene rings is 2. The maximum absolute atomic E-state index is 12.3. The average molecular weight is 414 g/mol. The van der Waals surface area contributed by atoms with Crippen molar-refractivity contribution in [1.82, 2.24) is 20.0 Å². The third-order valence-electron chi connectivity index (χ3n) is 4.57. The molecule has 0 saturated heterocycles. The largest absolute Gasteiger partial charge is 0.497 e. The highest BCUT2D eigenvalue weighted by Crippen LogP contribution is 2.18. The molecule has 0 atom stereocenters. The quantitative estimate of drug-likeness (QED) is 0.476. The van der Waals surface area contributed by atoms with Crippen molar-refractivity contribution in [2.45, 2.75) is 13.3 Å². The molecule has 0 radical (unpaired) electrons. The molecule has 0 bridgehead atoms. The molecule has 2 N–H and O–H groups in total. The molecule has 2 heterocycles. The third-order valence-corrected chi connectivity index (χ3v) is 4.57. The molecule has 8 nitrogen and oxygen atoms in total. The summed E-state index contributed by atoms with van der Waals surface area (Å²) in [5.41, 5.74) is 3.40. The van der Waals surface area contributed by atoms with E-state index in [1.54, 1.807) is 11.8 Å². The van der Waals surface area contributed by atoms with Crippen LogP contribution in [0.4, 0.5) is 17.2 Å². The number of rotatable bonds is 7. The van der Waals surface area contributed by atoms with Gasteiger partial charge in [-0.3, -0.25) is 4.79 Å². The number of carbonyl (C=O) groups is 1. The molecule has 4 aromatic rings. The molecule has 1 amide bonds. The Kier molecular flexibility index (Phi) is 5.89. The molecule has 31 heavy (non-hydrogen) atoms. The highest BCUT2D eigenvalue weighted by molar-refractivity contribution is 5.92. The second-order valence-electron chi connectivity index (χ2n) is 6.95. The Morgan fingerprint density at radius 1 is 0.935 bits per heavy atom. The molecule has 0 aliphatic heterocycles. The Balaban J connectivity index is 1.32. The van der Waals surface area contributed by atoms with Gasteiger partial charge in [0, 0.05) is 17.6 Å². The van der Waals surface area contributed by atoms with Gasteiger partial charge >= 0.3 is 0 Å². The SMILES string of the molecule is COc1ccc(CC(=O)Nc2ccc(Nc3ccc(-n4ccc(C)n4)nn3)cc2)cc1. The molecule has 0 aliphatic carbocycles. The Labute approximate surface area is 179 Å². The number of anilines is 3. The third kappa shape index (κ3) is 5.24. The number of nitrogens with zero attached hydrogens (tertiary/aromatic N) is 4. The van der Waals surface area contributed by atoms with Crippen molar-refractivity contribution >= 4 is 23.1 Å². The topological polar surface area (TPSA) is 94.0 Å². The van der Waals surface area contributed by atoms with Crippen LogP contribution in [0.2, 0.25) is 0 Å². The molecule has 0 fully saturated rings. The first-order chi connectivity index (χ1) is 15.1. The van der Waals surface area contributed by atoms with Gasteiger partial charge in [0.25, 0.3) is 0 Å². The van der Waals surface area contributed by atoms with Crippen LogP contribution < -0.4 is 15.4 Å². The van der Waals surface area contributed by atoms with E-state index in [0.717, 1.165) is 28.4 Å². The molecule has 2 aromatic carbocycles. The predicted octanol–water partition coefficient (Wildman–Crippen LogP) is 3.90. The van der Waals surface area contributed by atoms with Crippen molar-refractivity contribution in [2.75, 3.05) is 17.7 Å². The lowest BCUT2D eigenvalue weighted by atomic mass is 10.1. The molecular weight excluding hydrogens is 392 g/mol. The summed E-state index contributed by atoms with van der Waals surface area (Å²) < 4.78 is 6.81. The smallest absolute Gasteiger partial charge is 0.228 e. The number of ether oxygens (including phenoxy) is 1. The Morgan fingerprint density at radius 3 is 2.29 bits per heavy atom. The monoisotopic (exact) mass is 414 g/mol. The summed E-state index contributed by atoms with van der Waals surface area (Å²) >= 11 is 0. The van der Waals surface area contributed by atoms with Gasteiger partial charge in [-0.05, 0) is 67.1 Å². The van der Waals surface area contributed by atoms with E-state index < -0.39 is 0 Å². The number of hydrogen-bond donors (Lipinski definition) is 2. The number of amides is 1. The Hall–Kier alpha value is -4.20. The van der Waals surface area contributed by atoms with E-state index >= 15 is 0 Å². The predicted molar refractivity (Wildman–Crippen MR) is 119 cm³/mol. The molecule has 8 heteroatoms. The van der Waals surface area contributed by atoms with Crippen molar-refractivity contribution in [2.24, 2.45) is 0 Å². The van der Waals surface area contributed by atoms with Gasteiger partial charge in [0.15, 0.2) is 11.6 Å². The fourth-order valence-corrected chi connectivity index (χ4v) is 2.98. The second-order valence-corrected chi connectivity index (χ2v) is 6.95. The summed E-state index contributed by atoms with van der Waals surface area (Å²) in [7, 11) is 1.61. The van der Waals surface area contributed by atoms with E-state index in [1.807, 2.05) is 79.9 Å². The lowest BCUT2D eigenvalue weighted by Crippen LogP contribution is -2.14. The van der Waals surface area contributed by atoms with E-state index in [4.69, 9.17) is 4.74 Å². The maximum Gasteiger partial charge on any atom is 0.228 e. The van der Waals surface area contributed by atoms with Gasteiger partial charge in [-0.15, -0.1) is 10.2 Å². The zero-order valence-corrected chi connectivity index (χ0v) is 17.2. The first-order valence-corrected chi connectivity index (χ1v) is 9.75. The highest BCUT2D eigenvalue weighted by Gasteiger charge is 2.06. The zero-order valence-electron chi connectivity index (χ0n) is 17.2. The molecule has 4 rings (SSSR count). The van der Waals surface area contributed by atoms with Gasteiger partial charge in [0.2, 0.25) is 5.91 Å². The van der Waals surface area contributed by atoms with Crippen molar-refractivity contribution in [3.63, 3.8) is 0 Å². The summed E-state index contributed by atoms with van der Waals surface area (Å²) in [5.74, 6) is 1.95. The molecule has 0 aliphatic rings. The van der Waals surface area contributed by atoms with E-state index in [9.17, 15) is 4.79 Å². The van der Waals surface area contributed by atoms with E-state index in [0.29, 0.717) is 18.1 Å². The van der Waals surface area contributed by atoms with Gasteiger partial charge in [-0.2, -0.15) is 5.10 Å². The van der Waals surface area contributed by atoms with Crippen molar-refractivity contribution < 1.29 is 9.53 Å². The minimum absolute atomic E-state index is 0.0822. The van der Waals surface area contributed by atoms with Gasteiger partial charge in [0.05, 0.1) is 19.2 Å². The van der Waals surface area contributed by atoms with Gasteiger partial charge in [-0.25, -0.2) is 4.68 Å². The first kappa shape index (κ1) is 20.1. The van der Waals surface area contributed by atoms with Crippen LogP contribution in [0.25, 0.3) is 5.82 Å². The van der Waals surface area contributed by atoms with Crippen molar-refractivity contribution in [3.8, 4) is 11.6 Å². The molecular formula is C23H22N6O2. The van der Waals surface area contributed by atoms with Crippen LogP contribution in [0.15, 0.2) is 72.9 Å². The van der Waals surface area contributed by atoms with Crippen LogP contribution in [0.5, 0.6) is 5.75 Å². The molecule has 0 spiro atoms. The number of aryl methyl sites for hydroxylation is 1. The number of carbonyl (C=O) groups excluding carboxylic acids is 1. The number of aromatic nitrogens is 4. The van der Waals surface area contributed by atoms with Crippen molar-refractivity contribution in [3.05, 3.63) is 84.2 Å². The summed E-state index contributed by atoms with van der Waals surface area (Å²) in [6, 6.07) is 20.4. The van der Waals surface area contributed by atoms with Gasteiger partial charge in [-0.1, -0.05) is 12.1 Å². The van der Waals surface area contributed by atoms with Crippen LogP contribution in [-0.2, 0) is 11.2 Å². The molecule has 0 saturated carbocycles.